The number of halogens is 1. The Kier molecular flexibility index (Phi) is 6.79. The summed E-state index contributed by atoms with van der Waals surface area (Å²) >= 11 is 0. The first-order valence-corrected chi connectivity index (χ1v) is 8.37. The van der Waals surface area contributed by atoms with Crippen LogP contribution in [0.15, 0.2) is 42.5 Å². The summed E-state index contributed by atoms with van der Waals surface area (Å²) in [6, 6.07) is 12.1. The van der Waals surface area contributed by atoms with Gasteiger partial charge in [-0.1, -0.05) is 44.0 Å². The van der Waals surface area contributed by atoms with Gasteiger partial charge in [0.15, 0.2) is 0 Å². The topological polar surface area (TPSA) is 35.5 Å². The molecule has 2 aromatic rings. The van der Waals surface area contributed by atoms with Crippen molar-refractivity contribution < 1.29 is 18.7 Å². The Morgan fingerprint density at radius 1 is 1.04 bits per heavy atom. The predicted molar refractivity (Wildman–Crippen MR) is 92.7 cm³/mol. The molecule has 2 rings (SSSR count). The van der Waals surface area contributed by atoms with Crippen molar-refractivity contribution in [1.82, 2.24) is 0 Å². The first-order valence-electron chi connectivity index (χ1n) is 8.37. The number of hydrogen-bond donors (Lipinski definition) is 0. The quantitative estimate of drug-likeness (QED) is 0.368. The Hall–Kier alpha value is -2.36. The molecule has 0 fully saturated rings. The molecule has 0 aliphatic heterocycles. The normalized spacial score (nSPS) is 10.5. The van der Waals surface area contributed by atoms with Gasteiger partial charge in [0.2, 0.25) is 0 Å². The smallest absolute Gasteiger partial charge is 0.434 e. The minimum absolute atomic E-state index is 0.233. The van der Waals surface area contributed by atoms with Gasteiger partial charge < -0.3 is 9.47 Å². The molecule has 0 radical (unpaired) electrons. The van der Waals surface area contributed by atoms with E-state index in [1.165, 1.54) is 0 Å². The van der Waals surface area contributed by atoms with Gasteiger partial charge in [0.1, 0.15) is 11.6 Å². The van der Waals surface area contributed by atoms with E-state index in [2.05, 4.69) is 6.92 Å². The SMILES string of the molecule is CCCCCc1ccc(-c2ccc(OC(=O)OCC)cc2)c(F)c1. The molecule has 4 heteroatoms. The molecule has 0 saturated heterocycles. The Morgan fingerprint density at radius 3 is 2.42 bits per heavy atom. The maximum Gasteiger partial charge on any atom is 0.513 e. The first kappa shape index (κ1) is 18.0. The zero-order valence-electron chi connectivity index (χ0n) is 14.2. The molecule has 24 heavy (non-hydrogen) atoms. The van der Waals surface area contributed by atoms with Crippen LogP contribution in [0.5, 0.6) is 5.75 Å². The van der Waals surface area contributed by atoms with Crippen molar-refractivity contribution in [3.05, 3.63) is 53.8 Å². The van der Waals surface area contributed by atoms with Crippen LogP contribution in [0, 0.1) is 5.82 Å². The van der Waals surface area contributed by atoms with Crippen LogP contribution in [-0.4, -0.2) is 12.8 Å². The van der Waals surface area contributed by atoms with Crippen LogP contribution in [0.25, 0.3) is 11.1 Å². The van der Waals surface area contributed by atoms with Crippen LogP contribution in [0.2, 0.25) is 0 Å². The Bertz CT molecular complexity index is 665. The molecule has 0 amide bonds. The van der Waals surface area contributed by atoms with E-state index >= 15 is 0 Å². The number of benzene rings is 2. The van der Waals surface area contributed by atoms with Crippen molar-refractivity contribution in [2.24, 2.45) is 0 Å². The van der Waals surface area contributed by atoms with Gasteiger partial charge in [0.25, 0.3) is 0 Å². The van der Waals surface area contributed by atoms with E-state index in [0.29, 0.717) is 11.3 Å². The van der Waals surface area contributed by atoms with Gasteiger partial charge in [-0.2, -0.15) is 0 Å². The van der Waals surface area contributed by atoms with E-state index < -0.39 is 6.16 Å². The van der Waals surface area contributed by atoms with E-state index in [0.717, 1.165) is 36.8 Å². The molecule has 0 aromatic heterocycles. The third-order valence-electron chi connectivity index (χ3n) is 3.73. The minimum Gasteiger partial charge on any atom is -0.434 e. The predicted octanol–water partition coefficient (Wildman–Crippen LogP) is 5.76. The zero-order valence-corrected chi connectivity index (χ0v) is 14.2. The summed E-state index contributed by atoms with van der Waals surface area (Å²) in [4.78, 5) is 11.3. The summed E-state index contributed by atoms with van der Waals surface area (Å²) in [5, 5.41) is 0. The molecule has 3 nitrogen and oxygen atoms in total. The van der Waals surface area contributed by atoms with E-state index in [1.54, 1.807) is 43.3 Å². The summed E-state index contributed by atoms with van der Waals surface area (Å²) in [6.45, 7) is 4.12. The highest BCUT2D eigenvalue weighted by molar-refractivity contribution is 5.67. The van der Waals surface area contributed by atoms with Crippen molar-refractivity contribution in [1.29, 1.82) is 0 Å². The van der Waals surface area contributed by atoms with Crippen LogP contribution in [-0.2, 0) is 11.2 Å². The van der Waals surface area contributed by atoms with Crippen LogP contribution in [0.1, 0.15) is 38.7 Å². The minimum atomic E-state index is -0.743. The van der Waals surface area contributed by atoms with E-state index in [-0.39, 0.29) is 12.4 Å². The van der Waals surface area contributed by atoms with Crippen molar-refractivity contribution in [2.45, 2.75) is 39.5 Å². The van der Waals surface area contributed by atoms with E-state index in [9.17, 15) is 9.18 Å². The fraction of sp³-hybridized carbons (Fsp3) is 0.350. The largest absolute Gasteiger partial charge is 0.513 e. The Balaban J connectivity index is 2.07. The molecule has 2 aromatic carbocycles. The Labute approximate surface area is 142 Å². The summed E-state index contributed by atoms with van der Waals surface area (Å²) < 4.78 is 24.1. The third-order valence-corrected chi connectivity index (χ3v) is 3.73. The van der Waals surface area contributed by atoms with Crippen molar-refractivity contribution in [2.75, 3.05) is 6.61 Å². The van der Waals surface area contributed by atoms with Crippen molar-refractivity contribution in [3.8, 4) is 16.9 Å². The number of carbonyl (C=O) groups excluding carboxylic acids is 1. The van der Waals surface area contributed by atoms with Crippen LogP contribution in [0.4, 0.5) is 9.18 Å². The summed E-state index contributed by atoms with van der Waals surface area (Å²) in [7, 11) is 0. The van der Waals surface area contributed by atoms with Gasteiger partial charge in [-0.3, -0.25) is 0 Å². The lowest BCUT2D eigenvalue weighted by Gasteiger charge is -2.08. The molecule has 0 atom stereocenters. The number of aryl methyl sites for hydroxylation is 1. The molecular weight excluding hydrogens is 307 g/mol. The third kappa shape index (κ3) is 5.08. The average Bonchev–Trinajstić information content (AvgIpc) is 2.56. The number of ether oxygens (including phenoxy) is 2. The second kappa shape index (κ2) is 9.06. The van der Waals surface area contributed by atoms with Gasteiger partial charge in [-0.25, -0.2) is 9.18 Å². The van der Waals surface area contributed by atoms with Gasteiger partial charge in [-0.15, -0.1) is 0 Å². The first-order chi connectivity index (χ1) is 11.6. The lowest BCUT2D eigenvalue weighted by Crippen LogP contribution is -2.09. The molecule has 0 bridgehead atoms. The standard InChI is InChI=1S/C20H23FO3/c1-3-5-6-7-15-8-13-18(19(21)14-15)16-9-11-17(12-10-16)24-20(22)23-4-2/h8-14H,3-7H2,1-2H3. The molecule has 0 spiro atoms. The summed E-state index contributed by atoms with van der Waals surface area (Å²) in [6.07, 6.45) is 3.55. The van der Waals surface area contributed by atoms with Crippen LogP contribution < -0.4 is 4.74 Å². The maximum absolute atomic E-state index is 14.4. The molecular formula is C20H23FO3. The zero-order chi connectivity index (χ0) is 17.4. The number of hydrogen-bond acceptors (Lipinski definition) is 3. The van der Waals surface area contributed by atoms with E-state index in [4.69, 9.17) is 9.47 Å². The lowest BCUT2D eigenvalue weighted by molar-refractivity contribution is 0.104. The van der Waals surface area contributed by atoms with Gasteiger partial charge in [0.05, 0.1) is 6.61 Å². The highest BCUT2D eigenvalue weighted by Gasteiger charge is 2.08. The number of unbranched alkanes of at least 4 members (excludes halogenated alkanes) is 2. The van der Waals surface area contributed by atoms with Crippen molar-refractivity contribution >= 4 is 6.16 Å². The lowest BCUT2D eigenvalue weighted by atomic mass is 10.0. The second-order valence-electron chi connectivity index (χ2n) is 5.58. The fourth-order valence-electron chi connectivity index (χ4n) is 2.47. The molecule has 0 aliphatic rings. The van der Waals surface area contributed by atoms with Crippen LogP contribution in [0.3, 0.4) is 0 Å². The van der Waals surface area contributed by atoms with Crippen molar-refractivity contribution in [3.63, 3.8) is 0 Å². The maximum atomic E-state index is 14.4. The number of rotatable bonds is 7. The number of carbonyl (C=O) groups is 1. The van der Waals surface area contributed by atoms with E-state index in [1.807, 2.05) is 6.07 Å². The fourth-order valence-corrected chi connectivity index (χ4v) is 2.47. The monoisotopic (exact) mass is 330 g/mol. The van der Waals surface area contributed by atoms with Crippen LogP contribution >= 0.6 is 0 Å². The molecule has 0 N–H and O–H groups in total. The average molecular weight is 330 g/mol. The molecule has 0 saturated carbocycles. The molecule has 0 heterocycles. The summed E-state index contributed by atoms with van der Waals surface area (Å²) in [5.74, 6) is 0.136. The highest BCUT2D eigenvalue weighted by atomic mass is 19.1. The molecule has 0 unspecified atom stereocenters. The second-order valence-corrected chi connectivity index (χ2v) is 5.58. The summed E-state index contributed by atoms with van der Waals surface area (Å²) in [5.41, 5.74) is 2.30. The molecule has 128 valence electrons. The van der Waals surface area contributed by atoms with Gasteiger partial charge in [-0.05, 0) is 49.1 Å². The van der Waals surface area contributed by atoms with Gasteiger partial charge in [0, 0.05) is 5.56 Å². The van der Waals surface area contributed by atoms with Gasteiger partial charge >= 0.3 is 6.16 Å². The molecule has 0 aliphatic carbocycles. The Morgan fingerprint density at radius 2 is 1.79 bits per heavy atom. The highest BCUT2D eigenvalue weighted by Crippen LogP contribution is 2.26.